The molecule has 3 heteroatoms. The fraction of sp³-hybridized carbons (Fsp3) is 0.118. The Morgan fingerprint density at radius 1 is 1.00 bits per heavy atom. The SMILES string of the molecule is Cc1cccc2c1C1(C=CC(=O)O1)c1ccccc1O2. The van der Waals surface area contributed by atoms with Crippen molar-refractivity contribution in [1.29, 1.82) is 0 Å². The molecule has 0 radical (unpaired) electrons. The third kappa shape index (κ3) is 1.32. The molecule has 0 fully saturated rings. The van der Waals surface area contributed by atoms with Crippen molar-refractivity contribution in [3.63, 3.8) is 0 Å². The minimum Gasteiger partial charge on any atom is -0.456 e. The second-order valence-electron chi connectivity index (χ2n) is 5.04. The Balaban J connectivity index is 2.08. The molecule has 2 aromatic carbocycles. The number of carbonyl (C=O) groups excluding carboxylic acids is 1. The van der Waals surface area contributed by atoms with Gasteiger partial charge in [0.25, 0.3) is 0 Å². The Labute approximate surface area is 116 Å². The zero-order valence-corrected chi connectivity index (χ0v) is 10.9. The lowest BCUT2D eigenvalue weighted by molar-refractivity contribution is -0.143. The van der Waals surface area contributed by atoms with Crippen molar-refractivity contribution in [2.75, 3.05) is 0 Å². The number of hydrogen-bond acceptors (Lipinski definition) is 3. The van der Waals surface area contributed by atoms with Gasteiger partial charge in [0.15, 0.2) is 5.60 Å². The van der Waals surface area contributed by atoms with Gasteiger partial charge in [0.1, 0.15) is 11.5 Å². The molecule has 4 rings (SSSR count). The van der Waals surface area contributed by atoms with E-state index in [0.717, 1.165) is 28.2 Å². The van der Waals surface area contributed by atoms with Gasteiger partial charge in [-0.2, -0.15) is 0 Å². The Morgan fingerprint density at radius 3 is 2.60 bits per heavy atom. The van der Waals surface area contributed by atoms with Crippen molar-refractivity contribution in [2.45, 2.75) is 12.5 Å². The van der Waals surface area contributed by atoms with E-state index in [2.05, 4.69) is 0 Å². The molecule has 0 amide bonds. The Hall–Kier alpha value is -2.55. The molecule has 3 nitrogen and oxygen atoms in total. The first-order valence-electron chi connectivity index (χ1n) is 6.50. The maximum atomic E-state index is 11.7. The summed E-state index contributed by atoms with van der Waals surface area (Å²) in [5.74, 6) is 1.14. The summed E-state index contributed by atoms with van der Waals surface area (Å²) in [6.45, 7) is 2.00. The van der Waals surface area contributed by atoms with E-state index in [4.69, 9.17) is 9.47 Å². The topological polar surface area (TPSA) is 35.5 Å². The van der Waals surface area contributed by atoms with E-state index in [0.29, 0.717) is 0 Å². The first-order chi connectivity index (χ1) is 9.71. The second kappa shape index (κ2) is 3.73. The highest BCUT2D eigenvalue weighted by Gasteiger charge is 2.47. The summed E-state index contributed by atoms with van der Waals surface area (Å²) in [6.07, 6.45) is 3.31. The number of benzene rings is 2. The predicted octanol–water partition coefficient (Wildman–Crippen LogP) is 3.46. The first kappa shape index (κ1) is 11.3. The largest absolute Gasteiger partial charge is 0.456 e. The van der Waals surface area contributed by atoms with E-state index in [-0.39, 0.29) is 5.97 Å². The van der Waals surface area contributed by atoms with Crippen LogP contribution in [0.3, 0.4) is 0 Å². The van der Waals surface area contributed by atoms with Crippen LogP contribution in [0.5, 0.6) is 11.5 Å². The zero-order valence-electron chi connectivity index (χ0n) is 10.9. The molecule has 1 atom stereocenters. The predicted molar refractivity (Wildman–Crippen MR) is 73.7 cm³/mol. The van der Waals surface area contributed by atoms with Crippen molar-refractivity contribution in [3.8, 4) is 11.5 Å². The quantitative estimate of drug-likeness (QED) is 0.684. The van der Waals surface area contributed by atoms with Crippen LogP contribution in [0, 0.1) is 6.92 Å². The van der Waals surface area contributed by atoms with Gasteiger partial charge in [0.05, 0.1) is 0 Å². The summed E-state index contributed by atoms with van der Waals surface area (Å²) >= 11 is 0. The van der Waals surface area contributed by atoms with Crippen LogP contribution in [0.15, 0.2) is 54.6 Å². The molecule has 2 aromatic rings. The molecule has 2 aliphatic rings. The number of carbonyl (C=O) groups is 1. The van der Waals surface area contributed by atoms with E-state index in [9.17, 15) is 4.79 Å². The van der Waals surface area contributed by atoms with Gasteiger partial charge in [-0.3, -0.25) is 0 Å². The lowest BCUT2D eigenvalue weighted by Gasteiger charge is -2.35. The summed E-state index contributed by atoms with van der Waals surface area (Å²) in [5, 5.41) is 0. The summed E-state index contributed by atoms with van der Waals surface area (Å²) in [5.41, 5.74) is 1.95. The van der Waals surface area contributed by atoms with Crippen molar-refractivity contribution in [1.82, 2.24) is 0 Å². The van der Waals surface area contributed by atoms with Crippen molar-refractivity contribution in [3.05, 3.63) is 71.3 Å². The van der Waals surface area contributed by atoms with Gasteiger partial charge in [-0.05, 0) is 30.7 Å². The number of para-hydroxylation sites is 1. The van der Waals surface area contributed by atoms with Gasteiger partial charge >= 0.3 is 5.97 Å². The summed E-state index contributed by atoms with van der Waals surface area (Å²) in [6, 6.07) is 13.5. The second-order valence-corrected chi connectivity index (χ2v) is 5.04. The molecule has 98 valence electrons. The monoisotopic (exact) mass is 264 g/mol. The molecule has 0 aliphatic carbocycles. The fourth-order valence-corrected chi connectivity index (χ4v) is 3.01. The van der Waals surface area contributed by atoms with Crippen LogP contribution < -0.4 is 4.74 Å². The number of rotatable bonds is 0. The van der Waals surface area contributed by atoms with Crippen LogP contribution >= 0.6 is 0 Å². The van der Waals surface area contributed by atoms with Gasteiger partial charge < -0.3 is 9.47 Å². The molecule has 2 aliphatic heterocycles. The molecule has 0 saturated carbocycles. The maximum Gasteiger partial charge on any atom is 0.332 e. The molecule has 0 saturated heterocycles. The zero-order chi connectivity index (χ0) is 13.7. The number of aryl methyl sites for hydroxylation is 1. The summed E-state index contributed by atoms with van der Waals surface area (Å²) in [7, 11) is 0. The molecular formula is C17H12O3. The van der Waals surface area contributed by atoms with E-state index in [1.807, 2.05) is 55.5 Å². The van der Waals surface area contributed by atoms with E-state index >= 15 is 0 Å². The fourth-order valence-electron chi connectivity index (χ4n) is 3.01. The van der Waals surface area contributed by atoms with Crippen LogP contribution in [0.2, 0.25) is 0 Å². The molecule has 0 N–H and O–H groups in total. The van der Waals surface area contributed by atoms with Crippen LogP contribution in [0.4, 0.5) is 0 Å². The molecule has 1 spiro atoms. The van der Waals surface area contributed by atoms with Crippen LogP contribution in [-0.4, -0.2) is 5.97 Å². The Kier molecular flexibility index (Phi) is 2.11. The van der Waals surface area contributed by atoms with Crippen LogP contribution in [0.25, 0.3) is 0 Å². The first-order valence-corrected chi connectivity index (χ1v) is 6.50. The lowest BCUT2D eigenvalue weighted by atomic mass is 9.81. The molecule has 20 heavy (non-hydrogen) atoms. The van der Waals surface area contributed by atoms with Crippen LogP contribution in [0.1, 0.15) is 16.7 Å². The van der Waals surface area contributed by atoms with Gasteiger partial charge in [0, 0.05) is 17.2 Å². The minimum absolute atomic E-state index is 0.323. The standard InChI is InChI=1S/C17H12O3/c1-11-5-4-8-14-16(11)17(10-9-15(18)20-17)12-6-2-3-7-13(12)19-14/h2-10H,1H3. The van der Waals surface area contributed by atoms with Gasteiger partial charge in [-0.15, -0.1) is 0 Å². The third-order valence-electron chi connectivity index (χ3n) is 3.83. The van der Waals surface area contributed by atoms with Crippen molar-refractivity contribution < 1.29 is 14.3 Å². The number of ether oxygens (including phenoxy) is 2. The third-order valence-corrected chi connectivity index (χ3v) is 3.83. The normalized spacial score (nSPS) is 22.1. The lowest BCUT2D eigenvalue weighted by Crippen LogP contribution is -2.31. The van der Waals surface area contributed by atoms with E-state index in [1.54, 1.807) is 0 Å². The van der Waals surface area contributed by atoms with E-state index in [1.165, 1.54) is 6.08 Å². The highest BCUT2D eigenvalue weighted by molar-refractivity contribution is 5.87. The van der Waals surface area contributed by atoms with Gasteiger partial charge in [-0.25, -0.2) is 4.79 Å². The van der Waals surface area contributed by atoms with E-state index < -0.39 is 5.60 Å². The Morgan fingerprint density at radius 2 is 1.80 bits per heavy atom. The van der Waals surface area contributed by atoms with Crippen molar-refractivity contribution >= 4 is 5.97 Å². The molecular weight excluding hydrogens is 252 g/mol. The number of fused-ring (bicyclic) bond motifs is 4. The number of hydrogen-bond donors (Lipinski definition) is 0. The highest BCUT2D eigenvalue weighted by Crippen LogP contribution is 2.52. The van der Waals surface area contributed by atoms with Gasteiger partial charge in [0.2, 0.25) is 0 Å². The highest BCUT2D eigenvalue weighted by atomic mass is 16.6. The molecule has 0 aromatic heterocycles. The Bertz CT molecular complexity index is 761. The maximum absolute atomic E-state index is 11.7. The van der Waals surface area contributed by atoms with Crippen molar-refractivity contribution in [2.24, 2.45) is 0 Å². The smallest absolute Gasteiger partial charge is 0.332 e. The molecule has 1 unspecified atom stereocenters. The van der Waals surface area contributed by atoms with Gasteiger partial charge in [-0.1, -0.05) is 30.3 Å². The molecule has 0 bridgehead atoms. The number of esters is 1. The molecule has 2 heterocycles. The summed E-state index contributed by atoms with van der Waals surface area (Å²) < 4.78 is 11.6. The average molecular weight is 264 g/mol. The average Bonchev–Trinajstić information content (AvgIpc) is 2.82. The summed E-state index contributed by atoms with van der Waals surface area (Å²) in [4.78, 5) is 11.7. The minimum atomic E-state index is -0.855. The van der Waals surface area contributed by atoms with Crippen LogP contribution in [-0.2, 0) is 15.1 Å².